The average molecular weight is 398 g/mol. The second-order valence-electron chi connectivity index (χ2n) is 8.90. The number of carbonyl (C=O) groups is 1. The molecule has 0 unspecified atom stereocenters. The Kier molecular flexibility index (Phi) is 7.94. The Balaban J connectivity index is 5.10. The van der Waals surface area contributed by atoms with E-state index in [0.717, 1.165) is 5.06 Å². The van der Waals surface area contributed by atoms with E-state index in [1.165, 1.54) is 0 Å². The average Bonchev–Trinajstić information content (AvgIpc) is 2.16. The van der Waals surface area contributed by atoms with Gasteiger partial charge in [-0.1, -0.05) is 0 Å². The normalized spacial score (nSPS) is 14.1. The number of carboxylic acid groups (broad SMARTS) is 1. The molecular weight excluding hydrogens is 362 g/mol. The maximum Gasteiger partial charge on any atom is 0.430 e. The highest BCUT2D eigenvalue weighted by atomic mass is 28.4. The van der Waals surface area contributed by atoms with Gasteiger partial charge < -0.3 is 18.5 Å². The monoisotopic (exact) mass is 397 g/mol. The first-order valence-corrected chi connectivity index (χ1v) is 19.2. The number of hydrogen-bond acceptors (Lipinski definition) is 4. The number of rotatable bonds is 9. The van der Waals surface area contributed by atoms with Crippen LogP contribution in [-0.4, -0.2) is 63.4 Å². The molecule has 0 rings (SSSR count). The lowest BCUT2D eigenvalue weighted by molar-refractivity contribution is -0.0939. The minimum atomic E-state index is -1.98. The van der Waals surface area contributed by atoms with E-state index in [0.29, 0.717) is 16.7 Å². The summed E-state index contributed by atoms with van der Waals surface area (Å²) >= 11 is 0. The number of hydroxylamine groups is 2. The standard InChI is InChI=1S/C13H35NO5Si4/c1-21(2,3)17-13(20,18-22(4,5)6)10-11-14(12(15)16)19-23(7,8)9/h10-11H2,1-9,20H3,(H,15,16). The van der Waals surface area contributed by atoms with Crippen molar-refractivity contribution in [3.63, 3.8) is 0 Å². The molecule has 0 fully saturated rings. The van der Waals surface area contributed by atoms with Crippen molar-refractivity contribution in [3.05, 3.63) is 0 Å². The van der Waals surface area contributed by atoms with Gasteiger partial charge in [-0.3, -0.25) is 0 Å². The molecule has 0 saturated heterocycles. The van der Waals surface area contributed by atoms with Crippen molar-refractivity contribution in [2.24, 2.45) is 0 Å². The van der Waals surface area contributed by atoms with Gasteiger partial charge in [0.05, 0.1) is 16.8 Å². The summed E-state index contributed by atoms with van der Waals surface area (Å²) in [6.45, 7) is 18.9. The van der Waals surface area contributed by atoms with Gasteiger partial charge in [-0.2, -0.15) is 5.06 Å². The highest BCUT2D eigenvalue weighted by molar-refractivity contribution is 6.71. The van der Waals surface area contributed by atoms with Crippen LogP contribution < -0.4 is 0 Å². The number of nitrogens with zero attached hydrogens (tertiary/aromatic N) is 1. The van der Waals surface area contributed by atoms with Crippen molar-refractivity contribution in [2.45, 2.75) is 70.8 Å². The molecule has 1 amide bonds. The summed E-state index contributed by atoms with van der Waals surface area (Å²) in [5.74, 6) is 0. The second-order valence-corrected chi connectivity index (χ2v) is 23.7. The molecule has 0 atom stereocenters. The van der Waals surface area contributed by atoms with Crippen molar-refractivity contribution in [1.29, 1.82) is 0 Å². The summed E-state index contributed by atoms with van der Waals surface area (Å²) in [7, 11) is -4.91. The lowest BCUT2D eigenvalue weighted by Gasteiger charge is -2.41. The van der Waals surface area contributed by atoms with Gasteiger partial charge in [-0.05, 0) is 58.9 Å². The van der Waals surface area contributed by atoms with Gasteiger partial charge in [0, 0.05) is 6.42 Å². The lowest BCUT2D eigenvalue weighted by atomic mass is 10.4. The van der Waals surface area contributed by atoms with Crippen LogP contribution in [0.2, 0.25) is 58.9 Å². The lowest BCUT2D eigenvalue weighted by Crippen LogP contribution is -2.53. The molecule has 0 aromatic rings. The van der Waals surface area contributed by atoms with Gasteiger partial charge in [-0.25, -0.2) is 4.79 Å². The molecule has 10 heteroatoms. The molecule has 0 aliphatic rings. The zero-order valence-corrected chi connectivity index (χ0v) is 21.4. The van der Waals surface area contributed by atoms with E-state index in [-0.39, 0.29) is 6.54 Å². The molecule has 6 nitrogen and oxygen atoms in total. The van der Waals surface area contributed by atoms with E-state index in [1.54, 1.807) is 0 Å². The zero-order chi connectivity index (χ0) is 18.7. The van der Waals surface area contributed by atoms with Crippen molar-refractivity contribution in [2.75, 3.05) is 6.54 Å². The molecule has 0 bridgehead atoms. The van der Waals surface area contributed by atoms with Crippen LogP contribution in [0.15, 0.2) is 0 Å². The predicted octanol–water partition coefficient (Wildman–Crippen LogP) is 2.85. The summed E-state index contributed by atoms with van der Waals surface area (Å²) in [5, 5.41) is 10.4. The summed E-state index contributed by atoms with van der Waals surface area (Å²) in [4.78, 5) is 11.4. The highest BCUT2D eigenvalue weighted by Gasteiger charge is 2.37. The summed E-state index contributed by atoms with van der Waals surface area (Å²) < 4.78 is 18.3. The van der Waals surface area contributed by atoms with E-state index in [4.69, 9.17) is 13.4 Å². The molecule has 0 aromatic heterocycles. The Morgan fingerprint density at radius 1 is 0.957 bits per heavy atom. The minimum absolute atomic E-state index is 0.262. The van der Waals surface area contributed by atoms with Crippen LogP contribution in [0.25, 0.3) is 0 Å². The van der Waals surface area contributed by atoms with E-state index in [9.17, 15) is 9.90 Å². The van der Waals surface area contributed by atoms with Crippen molar-refractivity contribution in [1.82, 2.24) is 5.06 Å². The highest BCUT2D eigenvalue weighted by Crippen LogP contribution is 2.25. The third-order valence-electron chi connectivity index (χ3n) is 2.41. The third-order valence-corrected chi connectivity index (χ3v) is 6.99. The quantitative estimate of drug-likeness (QED) is 0.368. The van der Waals surface area contributed by atoms with E-state index >= 15 is 0 Å². The third kappa shape index (κ3) is 12.1. The molecule has 1 N–H and O–H groups in total. The molecule has 0 radical (unpaired) electrons. The van der Waals surface area contributed by atoms with Crippen LogP contribution in [0, 0.1) is 0 Å². The van der Waals surface area contributed by atoms with E-state index in [1.807, 2.05) is 19.6 Å². The van der Waals surface area contributed by atoms with Crippen LogP contribution in [0.5, 0.6) is 0 Å². The molecule has 0 aliphatic carbocycles. The van der Waals surface area contributed by atoms with Crippen LogP contribution >= 0.6 is 0 Å². The maximum atomic E-state index is 11.4. The molecule has 23 heavy (non-hydrogen) atoms. The minimum Gasteiger partial charge on any atom is -0.463 e. The molecule has 0 saturated carbocycles. The van der Waals surface area contributed by atoms with Gasteiger partial charge >= 0.3 is 6.09 Å². The van der Waals surface area contributed by atoms with E-state index < -0.39 is 36.5 Å². The smallest absolute Gasteiger partial charge is 0.430 e. The maximum absolute atomic E-state index is 11.4. The van der Waals surface area contributed by atoms with Crippen LogP contribution in [0.3, 0.4) is 0 Å². The van der Waals surface area contributed by atoms with Crippen molar-refractivity contribution < 1.29 is 23.3 Å². The van der Waals surface area contributed by atoms with Crippen molar-refractivity contribution in [3.8, 4) is 0 Å². The Hall–Kier alpha value is 0.0175. The molecular formula is C13H35NO5Si4. The first-order chi connectivity index (χ1) is 9.93. The fourth-order valence-electron chi connectivity index (χ4n) is 2.23. The number of hydrogen-bond donors (Lipinski definition) is 1. The molecule has 0 aliphatic heterocycles. The summed E-state index contributed by atoms with van der Waals surface area (Å²) in [6.07, 6.45) is -0.553. The largest absolute Gasteiger partial charge is 0.463 e. The predicted molar refractivity (Wildman–Crippen MR) is 105 cm³/mol. The van der Waals surface area contributed by atoms with Gasteiger partial charge in [0.15, 0.2) is 16.6 Å². The first kappa shape index (κ1) is 23.0. The van der Waals surface area contributed by atoms with Gasteiger partial charge in [-0.15, -0.1) is 0 Å². The summed E-state index contributed by atoms with van der Waals surface area (Å²) in [5.41, 5.74) is -0.647. The molecule has 0 aromatic carbocycles. The molecule has 0 heterocycles. The van der Waals surface area contributed by atoms with Crippen LogP contribution in [0.4, 0.5) is 4.79 Å². The topological polar surface area (TPSA) is 68.2 Å². The Labute approximate surface area is 147 Å². The van der Waals surface area contributed by atoms with Crippen LogP contribution in [0.1, 0.15) is 6.42 Å². The molecule has 138 valence electrons. The Morgan fingerprint density at radius 3 is 1.61 bits per heavy atom. The van der Waals surface area contributed by atoms with Crippen molar-refractivity contribution >= 4 is 41.3 Å². The fraction of sp³-hybridized carbons (Fsp3) is 0.923. The SMILES string of the molecule is C[Si](C)(C)ON(CCC([SiH3])(O[Si](C)(C)C)O[Si](C)(C)C)C(=O)O. The van der Waals surface area contributed by atoms with Gasteiger partial charge in [0.2, 0.25) is 8.32 Å². The van der Waals surface area contributed by atoms with Gasteiger partial charge in [0.25, 0.3) is 0 Å². The first-order valence-electron chi connectivity index (χ1n) is 8.02. The second kappa shape index (κ2) is 7.93. The summed E-state index contributed by atoms with van der Waals surface area (Å²) in [6, 6.07) is 0. The number of amides is 1. The fourth-order valence-corrected chi connectivity index (χ4v) is 9.92. The van der Waals surface area contributed by atoms with E-state index in [2.05, 4.69) is 39.3 Å². The Bertz CT molecular complexity index is 385. The molecule has 0 spiro atoms. The Morgan fingerprint density at radius 2 is 1.35 bits per heavy atom. The zero-order valence-electron chi connectivity index (χ0n) is 16.4. The van der Waals surface area contributed by atoms with Crippen LogP contribution in [-0.2, 0) is 13.4 Å². The van der Waals surface area contributed by atoms with Gasteiger partial charge in [0.1, 0.15) is 5.41 Å².